The Morgan fingerprint density at radius 1 is 0.655 bits per heavy atom. The number of unbranched alkanes of at least 4 members (excludes halogenated alkanes) is 14. The van der Waals surface area contributed by atoms with E-state index < -0.39 is 15.4 Å². The van der Waals surface area contributed by atoms with Gasteiger partial charge in [-0.15, -0.1) is 0 Å². The number of hydrogen-bond acceptors (Lipinski definition) is 4. The van der Waals surface area contributed by atoms with E-state index in [4.69, 9.17) is 0 Å². The first-order valence-corrected chi connectivity index (χ1v) is 13.5. The molecule has 0 rings (SSSR count). The molecule has 1 N–H and O–H groups in total. The molecular weight excluding hydrogens is 411 g/mol. The molecular formula is C23H47KO4S. The summed E-state index contributed by atoms with van der Waals surface area (Å²) in [4.78, 5) is 0. The molecule has 0 amide bonds. The molecule has 0 fully saturated rings. The molecule has 2 unspecified atom stereocenters. The molecule has 0 radical (unpaired) electrons. The summed E-state index contributed by atoms with van der Waals surface area (Å²) in [6, 6.07) is 0. The SMILES string of the molecule is CCCCCCCCCC(CCCCCCCCCCCC(C)O)S(=O)(=O)[O-].[K+]. The molecule has 0 aliphatic carbocycles. The van der Waals surface area contributed by atoms with Crippen molar-refractivity contribution in [2.24, 2.45) is 0 Å². The Bertz CT molecular complexity index is 427. The van der Waals surface area contributed by atoms with Crippen molar-refractivity contribution in [1.82, 2.24) is 0 Å². The van der Waals surface area contributed by atoms with E-state index in [2.05, 4.69) is 6.92 Å². The largest absolute Gasteiger partial charge is 1.00 e. The second kappa shape index (κ2) is 22.7. The standard InChI is InChI=1S/C23H48O4S.K/c1-3-4-5-6-10-14-17-20-23(28(25,26)27)21-18-15-12-9-7-8-11-13-16-19-22(2)24;/h22-24H,3-21H2,1-2H3,(H,25,26,27);/q;+1/p-1. The van der Waals surface area contributed by atoms with Crippen LogP contribution < -0.4 is 51.4 Å². The van der Waals surface area contributed by atoms with Gasteiger partial charge in [-0.2, -0.15) is 0 Å². The molecule has 4 nitrogen and oxygen atoms in total. The van der Waals surface area contributed by atoms with Crippen LogP contribution in [0.3, 0.4) is 0 Å². The quantitative estimate of drug-likeness (QED) is 0.162. The van der Waals surface area contributed by atoms with Crippen molar-refractivity contribution in [2.75, 3.05) is 0 Å². The summed E-state index contributed by atoms with van der Waals surface area (Å²) in [5.74, 6) is 0. The summed E-state index contributed by atoms with van der Waals surface area (Å²) in [6.07, 6.45) is 20.2. The van der Waals surface area contributed by atoms with Gasteiger partial charge in [-0.3, -0.25) is 0 Å². The van der Waals surface area contributed by atoms with E-state index in [9.17, 15) is 18.1 Å². The van der Waals surface area contributed by atoms with E-state index >= 15 is 0 Å². The van der Waals surface area contributed by atoms with Crippen LogP contribution in [0.4, 0.5) is 0 Å². The Kier molecular flexibility index (Phi) is 25.6. The van der Waals surface area contributed by atoms with Crippen molar-refractivity contribution in [2.45, 2.75) is 147 Å². The summed E-state index contributed by atoms with van der Waals surface area (Å²) < 4.78 is 34.5. The summed E-state index contributed by atoms with van der Waals surface area (Å²) in [6.45, 7) is 4.04. The molecule has 29 heavy (non-hydrogen) atoms. The van der Waals surface area contributed by atoms with Crippen molar-refractivity contribution >= 4 is 10.1 Å². The third-order valence-electron chi connectivity index (χ3n) is 5.69. The van der Waals surface area contributed by atoms with Crippen LogP contribution in [0.2, 0.25) is 0 Å². The van der Waals surface area contributed by atoms with Gasteiger partial charge in [0.2, 0.25) is 0 Å². The first-order valence-electron chi connectivity index (χ1n) is 12.0. The summed E-state index contributed by atoms with van der Waals surface area (Å²) >= 11 is 0. The van der Waals surface area contributed by atoms with Gasteiger partial charge in [0.25, 0.3) is 0 Å². The Labute approximate surface area is 224 Å². The molecule has 0 bridgehead atoms. The van der Waals surface area contributed by atoms with E-state index in [0.29, 0.717) is 12.8 Å². The van der Waals surface area contributed by atoms with Gasteiger partial charge in [0.1, 0.15) is 0 Å². The Morgan fingerprint density at radius 3 is 1.28 bits per heavy atom. The molecule has 0 aromatic heterocycles. The Morgan fingerprint density at radius 2 is 0.966 bits per heavy atom. The fraction of sp³-hybridized carbons (Fsp3) is 1.00. The van der Waals surface area contributed by atoms with E-state index in [1.165, 1.54) is 57.8 Å². The topological polar surface area (TPSA) is 77.4 Å². The second-order valence-corrected chi connectivity index (χ2v) is 10.3. The molecule has 0 aliphatic heterocycles. The van der Waals surface area contributed by atoms with Crippen molar-refractivity contribution in [3.63, 3.8) is 0 Å². The zero-order chi connectivity index (χ0) is 21.1. The number of hydrogen-bond donors (Lipinski definition) is 1. The summed E-state index contributed by atoms with van der Waals surface area (Å²) in [5.41, 5.74) is 0. The zero-order valence-electron chi connectivity index (χ0n) is 19.7. The smallest absolute Gasteiger partial charge is 0.748 e. The number of aliphatic hydroxyl groups is 1. The molecule has 0 saturated carbocycles. The second-order valence-electron chi connectivity index (χ2n) is 8.63. The predicted molar refractivity (Wildman–Crippen MR) is 119 cm³/mol. The van der Waals surface area contributed by atoms with Gasteiger partial charge < -0.3 is 9.66 Å². The fourth-order valence-corrected chi connectivity index (χ4v) is 4.72. The van der Waals surface area contributed by atoms with Crippen LogP contribution in [0.15, 0.2) is 0 Å². The van der Waals surface area contributed by atoms with Gasteiger partial charge in [0.15, 0.2) is 0 Å². The van der Waals surface area contributed by atoms with Gasteiger partial charge in [0, 0.05) is 5.25 Å². The molecule has 0 aromatic carbocycles. The fourth-order valence-electron chi connectivity index (χ4n) is 3.81. The average Bonchev–Trinajstić information content (AvgIpc) is 2.62. The molecule has 2 atom stereocenters. The van der Waals surface area contributed by atoms with E-state index in [1.54, 1.807) is 0 Å². The van der Waals surface area contributed by atoms with E-state index in [-0.39, 0.29) is 57.5 Å². The Hall–Kier alpha value is 1.51. The maximum absolute atomic E-state index is 11.5. The van der Waals surface area contributed by atoms with Gasteiger partial charge in [-0.1, -0.05) is 110 Å². The first-order chi connectivity index (χ1) is 13.4. The minimum absolute atomic E-state index is 0. The van der Waals surface area contributed by atoms with E-state index in [1.807, 2.05) is 6.92 Å². The number of rotatable bonds is 21. The predicted octanol–water partition coefficient (Wildman–Crippen LogP) is 3.72. The average molecular weight is 459 g/mol. The van der Waals surface area contributed by atoms with Gasteiger partial charge in [0.05, 0.1) is 16.2 Å². The Balaban J connectivity index is 0. The van der Waals surface area contributed by atoms with Gasteiger partial charge >= 0.3 is 51.4 Å². The van der Waals surface area contributed by atoms with Crippen molar-refractivity contribution in [3.05, 3.63) is 0 Å². The zero-order valence-corrected chi connectivity index (χ0v) is 23.6. The minimum Gasteiger partial charge on any atom is -0.748 e. The van der Waals surface area contributed by atoms with Gasteiger partial charge in [-0.05, 0) is 26.2 Å². The summed E-state index contributed by atoms with van der Waals surface area (Å²) in [5, 5.41) is 8.54. The maximum atomic E-state index is 11.5. The molecule has 0 saturated heterocycles. The van der Waals surface area contributed by atoms with Gasteiger partial charge in [-0.25, -0.2) is 8.42 Å². The molecule has 0 aliphatic rings. The van der Waals surface area contributed by atoms with Crippen LogP contribution in [-0.2, 0) is 10.1 Å². The number of aliphatic hydroxyl groups excluding tert-OH is 1. The minimum atomic E-state index is -4.15. The molecule has 170 valence electrons. The van der Waals surface area contributed by atoms with Crippen molar-refractivity contribution in [1.29, 1.82) is 0 Å². The maximum Gasteiger partial charge on any atom is 1.00 e. The summed E-state index contributed by atoms with van der Waals surface area (Å²) in [7, 11) is -4.15. The monoisotopic (exact) mass is 458 g/mol. The molecule has 0 spiro atoms. The van der Waals surface area contributed by atoms with Crippen LogP contribution in [0.1, 0.15) is 136 Å². The van der Waals surface area contributed by atoms with Crippen LogP contribution in [0, 0.1) is 0 Å². The molecule has 0 aromatic rings. The van der Waals surface area contributed by atoms with E-state index in [0.717, 1.165) is 51.4 Å². The first kappa shape index (κ1) is 32.7. The van der Waals surface area contributed by atoms with Crippen LogP contribution in [0.25, 0.3) is 0 Å². The van der Waals surface area contributed by atoms with Crippen molar-refractivity contribution in [3.8, 4) is 0 Å². The van der Waals surface area contributed by atoms with Crippen LogP contribution in [0.5, 0.6) is 0 Å². The molecule has 6 heteroatoms. The van der Waals surface area contributed by atoms with Crippen LogP contribution in [-0.4, -0.2) is 29.4 Å². The third kappa shape index (κ3) is 24.0. The third-order valence-corrected chi connectivity index (χ3v) is 6.97. The van der Waals surface area contributed by atoms with Crippen LogP contribution >= 0.6 is 0 Å². The molecule has 0 heterocycles. The normalized spacial score (nSPS) is 13.8. The van der Waals surface area contributed by atoms with Crippen molar-refractivity contribution < 1.29 is 69.5 Å².